The topological polar surface area (TPSA) is 69.7 Å². The van der Waals surface area contributed by atoms with E-state index in [1.807, 2.05) is 54.6 Å². The average Bonchev–Trinajstić information content (AvgIpc) is 3.25. The van der Waals surface area contributed by atoms with Crippen molar-refractivity contribution in [3.63, 3.8) is 0 Å². The van der Waals surface area contributed by atoms with Crippen molar-refractivity contribution in [3.05, 3.63) is 54.6 Å². The molecular weight excluding hydrogens is 356 g/mol. The van der Waals surface area contributed by atoms with E-state index in [0.29, 0.717) is 6.61 Å². The standard InChI is InChI=1S/C20H24N6O2/c1-27-18-7-9-19(10-8-18)28-16-15-24-11-13-25(14-12-24)20-21-22-23-26(20)17-5-3-2-4-6-17/h2-10H,11-16H2,1H3/p+1. The van der Waals surface area contributed by atoms with Crippen LogP contribution in [0.4, 0.5) is 5.95 Å². The lowest BCUT2D eigenvalue weighted by molar-refractivity contribution is -0.900. The largest absolute Gasteiger partial charge is 0.497 e. The summed E-state index contributed by atoms with van der Waals surface area (Å²) in [6.07, 6.45) is 0. The number of quaternary nitrogens is 1. The average molecular weight is 381 g/mol. The summed E-state index contributed by atoms with van der Waals surface area (Å²) in [4.78, 5) is 3.78. The molecule has 146 valence electrons. The Bertz CT molecular complexity index is 860. The molecule has 0 amide bonds. The molecule has 2 aromatic carbocycles. The normalized spacial score (nSPS) is 14.8. The molecule has 1 aliphatic rings. The summed E-state index contributed by atoms with van der Waals surface area (Å²) >= 11 is 0. The molecular formula is C20H25N6O2+. The number of nitrogens with one attached hydrogen (secondary N) is 1. The molecule has 3 aromatic rings. The van der Waals surface area contributed by atoms with Gasteiger partial charge in [0.2, 0.25) is 0 Å². The van der Waals surface area contributed by atoms with Crippen molar-refractivity contribution in [2.45, 2.75) is 0 Å². The van der Waals surface area contributed by atoms with Gasteiger partial charge in [-0.05, 0) is 46.8 Å². The SMILES string of the molecule is COc1ccc(OCC[NH+]2CCN(c3nnnn3-c3ccccc3)CC2)cc1. The zero-order chi connectivity index (χ0) is 19.2. The van der Waals surface area contributed by atoms with Gasteiger partial charge >= 0.3 is 0 Å². The molecule has 8 nitrogen and oxygen atoms in total. The van der Waals surface area contributed by atoms with Crippen LogP contribution in [0, 0.1) is 0 Å². The molecule has 0 atom stereocenters. The highest BCUT2D eigenvalue weighted by molar-refractivity contribution is 5.40. The summed E-state index contributed by atoms with van der Waals surface area (Å²) < 4.78 is 12.8. The molecule has 1 saturated heterocycles. The molecule has 0 radical (unpaired) electrons. The zero-order valence-corrected chi connectivity index (χ0v) is 16.0. The van der Waals surface area contributed by atoms with Crippen LogP contribution in [-0.2, 0) is 0 Å². The second kappa shape index (κ2) is 8.71. The van der Waals surface area contributed by atoms with Gasteiger partial charge in [-0.25, -0.2) is 0 Å². The summed E-state index contributed by atoms with van der Waals surface area (Å²) in [5.41, 5.74) is 0.977. The highest BCUT2D eigenvalue weighted by atomic mass is 16.5. The lowest BCUT2D eigenvalue weighted by atomic mass is 10.3. The summed E-state index contributed by atoms with van der Waals surface area (Å²) in [5.74, 6) is 2.52. The van der Waals surface area contributed by atoms with Crippen molar-refractivity contribution in [1.82, 2.24) is 20.2 Å². The van der Waals surface area contributed by atoms with Crippen LogP contribution in [0.5, 0.6) is 11.5 Å². The fraction of sp³-hybridized carbons (Fsp3) is 0.350. The first-order valence-electron chi connectivity index (χ1n) is 9.52. The third-order valence-electron chi connectivity index (χ3n) is 4.99. The molecule has 0 spiro atoms. The predicted octanol–water partition coefficient (Wildman–Crippen LogP) is 0.455. The Balaban J connectivity index is 1.27. The Kier molecular flexibility index (Phi) is 5.67. The number of nitrogens with zero attached hydrogens (tertiary/aromatic N) is 5. The van der Waals surface area contributed by atoms with E-state index >= 15 is 0 Å². The lowest BCUT2D eigenvalue weighted by Gasteiger charge is -2.32. The van der Waals surface area contributed by atoms with Crippen LogP contribution >= 0.6 is 0 Å². The van der Waals surface area contributed by atoms with Crippen LogP contribution < -0.4 is 19.3 Å². The van der Waals surface area contributed by atoms with Crippen LogP contribution in [0.15, 0.2) is 54.6 Å². The third kappa shape index (κ3) is 4.23. The molecule has 0 bridgehead atoms. The van der Waals surface area contributed by atoms with Gasteiger partial charge in [0.1, 0.15) is 24.7 Å². The number of anilines is 1. The molecule has 0 saturated carbocycles. The third-order valence-corrected chi connectivity index (χ3v) is 4.99. The molecule has 2 heterocycles. The van der Waals surface area contributed by atoms with Gasteiger partial charge in [-0.15, -0.1) is 0 Å². The van der Waals surface area contributed by atoms with E-state index in [1.165, 1.54) is 4.90 Å². The summed E-state index contributed by atoms with van der Waals surface area (Å²) in [6, 6.07) is 17.7. The van der Waals surface area contributed by atoms with Crippen molar-refractivity contribution in [3.8, 4) is 17.2 Å². The first kappa shape index (κ1) is 18.2. The second-order valence-electron chi connectivity index (χ2n) is 6.74. The summed E-state index contributed by atoms with van der Waals surface area (Å²) in [5, 5.41) is 12.3. The number of aromatic nitrogens is 4. The number of piperazine rings is 1. The minimum absolute atomic E-state index is 0.698. The van der Waals surface area contributed by atoms with E-state index in [2.05, 4.69) is 20.4 Å². The Labute approximate surface area is 164 Å². The maximum Gasteiger partial charge on any atom is 0.250 e. The second-order valence-corrected chi connectivity index (χ2v) is 6.74. The Morgan fingerprint density at radius 2 is 1.68 bits per heavy atom. The van der Waals surface area contributed by atoms with Gasteiger partial charge in [0.15, 0.2) is 0 Å². The minimum Gasteiger partial charge on any atom is -0.497 e. The van der Waals surface area contributed by atoms with Crippen LogP contribution in [-0.4, -0.2) is 66.6 Å². The van der Waals surface area contributed by atoms with E-state index in [4.69, 9.17) is 9.47 Å². The Morgan fingerprint density at radius 3 is 2.39 bits per heavy atom. The molecule has 1 fully saturated rings. The van der Waals surface area contributed by atoms with E-state index in [-0.39, 0.29) is 0 Å². The molecule has 1 N–H and O–H groups in total. The number of hydrogen-bond acceptors (Lipinski definition) is 6. The van der Waals surface area contributed by atoms with Crippen LogP contribution in [0.3, 0.4) is 0 Å². The van der Waals surface area contributed by atoms with Crippen LogP contribution in [0.1, 0.15) is 0 Å². The van der Waals surface area contributed by atoms with Crippen molar-refractivity contribution in [2.75, 3.05) is 51.3 Å². The summed E-state index contributed by atoms with van der Waals surface area (Å²) in [6.45, 7) is 5.59. The number of tetrazole rings is 1. The summed E-state index contributed by atoms with van der Waals surface area (Å²) in [7, 11) is 1.66. The molecule has 0 unspecified atom stereocenters. The van der Waals surface area contributed by atoms with Crippen molar-refractivity contribution >= 4 is 5.95 Å². The first-order valence-corrected chi connectivity index (χ1v) is 9.52. The number of rotatable bonds is 7. The number of para-hydroxylation sites is 1. The van der Waals surface area contributed by atoms with Crippen molar-refractivity contribution in [2.24, 2.45) is 0 Å². The van der Waals surface area contributed by atoms with Crippen molar-refractivity contribution < 1.29 is 14.4 Å². The van der Waals surface area contributed by atoms with Gasteiger partial charge in [-0.3, -0.25) is 0 Å². The first-order chi connectivity index (χ1) is 13.8. The highest BCUT2D eigenvalue weighted by Gasteiger charge is 2.24. The number of benzene rings is 2. The van der Waals surface area contributed by atoms with E-state index in [0.717, 1.165) is 55.9 Å². The molecule has 28 heavy (non-hydrogen) atoms. The predicted molar refractivity (Wildman–Crippen MR) is 105 cm³/mol. The molecule has 8 heteroatoms. The van der Waals surface area contributed by atoms with Crippen molar-refractivity contribution in [1.29, 1.82) is 0 Å². The van der Waals surface area contributed by atoms with Crippen LogP contribution in [0.25, 0.3) is 5.69 Å². The smallest absolute Gasteiger partial charge is 0.250 e. The fourth-order valence-corrected chi connectivity index (χ4v) is 3.37. The zero-order valence-electron chi connectivity index (χ0n) is 16.0. The highest BCUT2D eigenvalue weighted by Crippen LogP contribution is 2.17. The Morgan fingerprint density at radius 1 is 0.964 bits per heavy atom. The number of methoxy groups -OCH3 is 1. The molecule has 0 aliphatic carbocycles. The van der Waals surface area contributed by atoms with E-state index in [9.17, 15) is 0 Å². The van der Waals surface area contributed by atoms with Gasteiger partial charge in [-0.2, -0.15) is 4.68 Å². The molecule has 1 aromatic heterocycles. The monoisotopic (exact) mass is 381 g/mol. The van der Waals surface area contributed by atoms with E-state index in [1.54, 1.807) is 11.8 Å². The maximum atomic E-state index is 5.86. The van der Waals surface area contributed by atoms with Gasteiger partial charge in [0.25, 0.3) is 5.95 Å². The minimum atomic E-state index is 0.698. The fourth-order valence-electron chi connectivity index (χ4n) is 3.37. The molecule has 1 aliphatic heterocycles. The molecule has 4 rings (SSSR count). The van der Waals surface area contributed by atoms with Gasteiger partial charge < -0.3 is 19.3 Å². The Hall–Kier alpha value is -3.13. The number of ether oxygens (including phenoxy) is 2. The van der Waals surface area contributed by atoms with E-state index < -0.39 is 0 Å². The quantitative estimate of drug-likeness (QED) is 0.641. The van der Waals surface area contributed by atoms with Gasteiger partial charge in [0, 0.05) is 0 Å². The maximum absolute atomic E-state index is 5.86. The van der Waals surface area contributed by atoms with Crippen LogP contribution in [0.2, 0.25) is 0 Å². The van der Waals surface area contributed by atoms with Gasteiger partial charge in [0.05, 0.1) is 39.0 Å². The number of hydrogen-bond donors (Lipinski definition) is 1. The van der Waals surface area contributed by atoms with Gasteiger partial charge in [-0.1, -0.05) is 23.3 Å². The lowest BCUT2D eigenvalue weighted by Crippen LogP contribution is -3.15.